The Kier molecular flexibility index (Phi) is 5.68. The summed E-state index contributed by atoms with van der Waals surface area (Å²) >= 11 is 0. The number of ether oxygens (including phenoxy) is 1. The van der Waals surface area contributed by atoms with Crippen LogP contribution in [-0.2, 0) is 6.54 Å². The van der Waals surface area contributed by atoms with Gasteiger partial charge in [-0.05, 0) is 35.9 Å². The summed E-state index contributed by atoms with van der Waals surface area (Å²) in [5, 5.41) is 13.7. The number of halogens is 1. The molecule has 0 unspecified atom stereocenters. The molecule has 0 saturated carbocycles. The van der Waals surface area contributed by atoms with Gasteiger partial charge in [-0.1, -0.05) is 12.1 Å². The van der Waals surface area contributed by atoms with Crippen LogP contribution < -0.4 is 15.6 Å². The number of nitro groups is 1. The molecule has 0 bridgehead atoms. The molecule has 0 saturated heterocycles. The lowest BCUT2D eigenvalue weighted by atomic mass is 10.2. The van der Waals surface area contributed by atoms with Gasteiger partial charge in [0.25, 0.3) is 11.5 Å². The number of nitrogens with zero attached hydrogens (tertiary/aromatic N) is 2. The minimum absolute atomic E-state index is 0.0663. The molecular weight excluding hydrogens is 381 g/mol. The van der Waals surface area contributed by atoms with Crippen LogP contribution in [0.25, 0.3) is 0 Å². The molecule has 0 atom stereocenters. The molecule has 0 aliphatic rings. The third kappa shape index (κ3) is 4.64. The first-order chi connectivity index (χ1) is 13.9. The molecule has 0 aliphatic heterocycles. The van der Waals surface area contributed by atoms with Gasteiger partial charge in [0.2, 0.25) is 0 Å². The normalized spacial score (nSPS) is 10.4. The topological polar surface area (TPSA) is 103 Å². The highest BCUT2D eigenvalue weighted by Gasteiger charge is 2.17. The zero-order valence-corrected chi connectivity index (χ0v) is 15.3. The Morgan fingerprint density at radius 1 is 1.21 bits per heavy atom. The molecule has 1 amide bonds. The minimum Gasteiger partial charge on any atom is -0.490 e. The molecule has 1 N–H and O–H groups in total. The molecule has 29 heavy (non-hydrogen) atoms. The van der Waals surface area contributed by atoms with E-state index in [9.17, 15) is 24.1 Å². The van der Waals surface area contributed by atoms with Crippen LogP contribution in [0.4, 0.5) is 15.8 Å². The summed E-state index contributed by atoms with van der Waals surface area (Å²) in [7, 11) is 1.31. The largest absolute Gasteiger partial charge is 0.490 e. The highest BCUT2D eigenvalue weighted by atomic mass is 19.1. The minimum atomic E-state index is -0.617. The first-order valence-corrected chi connectivity index (χ1v) is 8.46. The predicted molar refractivity (Wildman–Crippen MR) is 104 cm³/mol. The molecule has 1 heterocycles. The average Bonchev–Trinajstić information content (AvgIpc) is 2.69. The molecule has 8 nitrogen and oxygen atoms in total. The van der Waals surface area contributed by atoms with Crippen molar-refractivity contribution in [1.29, 1.82) is 0 Å². The second-order valence-corrected chi connectivity index (χ2v) is 6.11. The third-order valence-corrected chi connectivity index (χ3v) is 4.12. The monoisotopic (exact) mass is 397 g/mol. The van der Waals surface area contributed by atoms with Crippen LogP contribution in [0.5, 0.6) is 5.75 Å². The van der Waals surface area contributed by atoms with Gasteiger partial charge < -0.3 is 14.6 Å². The standard InChI is InChI=1S/C20H16FN3O5/c1-29-18-7-6-16(10-17(18)24(27)28)22-20(26)14-5-8-19(25)23(12-14)11-13-3-2-4-15(21)9-13/h2-10,12H,11H2,1H3,(H,22,26). The third-order valence-electron chi connectivity index (χ3n) is 4.12. The summed E-state index contributed by atoms with van der Waals surface area (Å²) in [5.74, 6) is -0.917. The first-order valence-electron chi connectivity index (χ1n) is 8.46. The molecule has 0 spiro atoms. The molecule has 3 aromatic rings. The lowest BCUT2D eigenvalue weighted by Gasteiger charge is -2.10. The van der Waals surface area contributed by atoms with E-state index in [-0.39, 0.29) is 34.8 Å². The van der Waals surface area contributed by atoms with Crippen molar-refractivity contribution in [3.63, 3.8) is 0 Å². The highest BCUT2D eigenvalue weighted by Crippen LogP contribution is 2.29. The van der Waals surface area contributed by atoms with Crippen molar-refractivity contribution in [2.75, 3.05) is 12.4 Å². The van der Waals surface area contributed by atoms with E-state index in [2.05, 4.69) is 5.32 Å². The number of rotatable bonds is 6. The second kappa shape index (κ2) is 8.34. The lowest BCUT2D eigenvalue weighted by molar-refractivity contribution is -0.385. The maximum Gasteiger partial charge on any atom is 0.312 e. The van der Waals surface area contributed by atoms with Crippen LogP contribution in [0.3, 0.4) is 0 Å². The van der Waals surface area contributed by atoms with Gasteiger partial charge in [0.15, 0.2) is 5.75 Å². The van der Waals surface area contributed by atoms with Crippen LogP contribution in [0, 0.1) is 15.9 Å². The number of carbonyl (C=O) groups excluding carboxylic acids is 1. The van der Waals surface area contributed by atoms with Crippen molar-refractivity contribution in [1.82, 2.24) is 4.57 Å². The van der Waals surface area contributed by atoms with E-state index >= 15 is 0 Å². The number of benzene rings is 2. The predicted octanol–water partition coefficient (Wildman–Crippen LogP) is 3.20. The summed E-state index contributed by atoms with van der Waals surface area (Å²) in [6.07, 6.45) is 1.35. The van der Waals surface area contributed by atoms with E-state index in [1.54, 1.807) is 6.07 Å². The maximum absolute atomic E-state index is 13.4. The molecule has 2 aromatic carbocycles. The molecule has 9 heteroatoms. The summed E-state index contributed by atoms with van der Waals surface area (Å²) in [5.41, 5.74) is 0.285. The number of aromatic nitrogens is 1. The fourth-order valence-electron chi connectivity index (χ4n) is 2.73. The van der Waals surface area contributed by atoms with E-state index in [1.165, 1.54) is 66.4 Å². The molecule has 0 aliphatic carbocycles. The quantitative estimate of drug-likeness (QED) is 0.508. The SMILES string of the molecule is COc1ccc(NC(=O)c2ccc(=O)n(Cc3cccc(F)c3)c2)cc1[N+](=O)[O-]. The number of pyridine rings is 1. The molecule has 1 aromatic heterocycles. The van der Waals surface area contributed by atoms with E-state index in [0.717, 1.165) is 0 Å². The zero-order chi connectivity index (χ0) is 21.0. The molecule has 148 valence electrons. The van der Waals surface area contributed by atoms with Gasteiger partial charge in [-0.2, -0.15) is 0 Å². The van der Waals surface area contributed by atoms with Gasteiger partial charge in [0, 0.05) is 24.0 Å². The van der Waals surface area contributed by atoms with Crippen molar-refractivity contribution in [3.05, 3.63) is 98.2 Å². The number of methoxy groups -OCH3 is 1. The van der Waals surface area contributed by atoms with Gasteiger partial charge in [-0.25, -0.2) is 4.39 Å². The summed E-state index contributed by atoms with van der Waals surface area (Å²) < 4.78 is 19.6. The Morgan fingerprint density at radius 3 is 2.69 bits per heavy atom. The van der Waals surface area contributed by atoms with Gasteiger partial charge in [0.05, 0.1) is 24.1 Å². The summed E-state index contributed by atoms with van der Waals surface area (Å²) in [4.78, 5) is 35.1. The van der Waals surface area contributed by atoms with Crippen LogP contribution >= 0.6 is 0 Å². The van der Waals surface area contributed by atoms with Crippen LogP contribution in [0.2, 0.25) is 0 Å². The fourth-order valence-corrected chi connectivity index (χ4v) is 2.73. The summed E-state index contributed by atoms with van der Waals surface area (Å²) in [6, 6.07) is 12.4. The number of nitro benzene ring substituents is 1. The zero-order valence-electron chi connectivity index (χ0n) is 15.3. The Balaban J connectivity index is 1.84. The van der Waals surface area contributed by atoms with Crippen molar-refractivity contribution in [2.24, 2.45) is 0 Å². The molecule has 0 radical (unpaired) electrons. The van der Waals surface area contributed by atoms with Crippen LogP contribution in [0.15, 0.2) is 65.6 Å². The average molecular weight is 397 g/mol. The number of amides is 1. The molecule has 0 fully saturated rings. The maximum atomic E-state index is 13.4. The lowest BCUT2D eigenvalue weighted by Crippen LogP contribution is -2.22. The number of anilines is 1. The smallest absolute Gasteiger partial charge is 0.312 e. The van der Waals surface area contributed by atoms with E-state index in [0.29, 0.717) is 5.56 Å². The van der Waals surface area contributed by atoms with E-state index in [4.69, 9.17) is 4.74 Å². The van der Waals surface area contributed by atoms with Crippen molar-refractivity contribution in [3.8, 4) is 5.75 Å². The Hall–Kier alpha value is -4.01. The Morgan fingerprint density at radius 2 is 2.00 bits per heavy atom. The van der Waals surface area contributed by atoms with Gasteiger partial charge in [0.1, 0.15) is 5.82 Å². The Bertz CT molecular complexity index is 1140. The number of carbonyl (C=O) groups is 1. The highest BCUT2D eigenvalue weighted by molar-refractivity contribution is 6.04. The van der Waals surface area contributed by atoms with E-state index in [1.807, 2.05) is 0 Å². The number of nitrogens with one attached hydrogen (secondary N) is 1. The van der Waals surface area contributed by atoms with Gasteiger partial charge in [-0.15, -0.1) is 0 Å². The van der Waals surface area contributed by atoms with Gasteiger partial charge in [-0.3, -0.25) is 19.7 Å². The van der Waals surface area contributed by atoms with Crippen molar-refractivity contribution >= 4 is 17.3 Å². The van der Waals surface area contributed by atoms with Crippen molar-refractivity contribution < 1.29 is 18.8 Å². The molecule has 3 rings (SSSR count). The second-order valence-electron chi connectivity index (χ2n) is 6.11. The fraction of sp³-hybridized carbons (Fsp3) is 0.100. The Labute approximate surface area is 164 Å². The number of hydrogen-bond donors (Lipinski definition) is 1. The van der Waals surface area contributed by atoms with Crippen LogP contribution in [-0.4, -0.2) is 22.5 Å². The molecular formula is C20H16FN3O5. The van der Waals surface area contributed by atoms with Crippen LogP contribution in [0.1, 0.15) is 15.9 Å². The van der Waals surface area contributed by atoms with Gasteiger partial charge >= 0.3 is 5.69 Å². The first kappa shape index (κ1) is 19.7. The summed E-state index contributed by atoms with van der Waals surface area (Å²) in [6.45, 7) is 0.0890. The van der Waals surface area contributed by atoms with E-state index < -0.39 is 16.6 Å². The van der Waals surface area contributed by atoms with Crippen molar-refractivity contribution in [2.45, 2.75) is 6.54 Å². The number of hydrogen-bond acceptors (Lipinski definition) is 5.